The van der Waals surface area contributed by atoms with Crippen molar-refractivity contribution in [1.82, 2.24) is 14.7 Å². The molecule has 0 aromatic carbocycles. The maximum Gasteiger partial charge on any atom is 0.407 e. The van der Waals surface area contributed by atoms with Gasteiger partial charge in [0.1, 0.15) is 0 Å². The fraction of sp³-hybridized carbons (Fsp3) is 0.556. The minimum absolute atomic E-state index is 0.489. The third kappa shape index (κ3) is 2.95. The fourth-order valence-corrected chi connectivity index (χ4v) is 1.51. The molecule has 0 fully saturated rings. The Morgan fingerprint density at radius 3 is 2.73 bits per heavy atom. The first-order chi connectivity index (χ1) is 6.83. The number of likely N-dealkylation sites (N-methyl/N-ethyl adjacent to an activating group) is 1. The number of hydrogen-bond acceptors (Lipinski definition) is 2. The Morgan fingerprint density at radius 1 is 1.73 bits per heavy atom. The summed E-state index contributed by atoms with van der Waals surface area (Å²) in [5.41, 5.74) is -0.489. The number of amides is 1. The van der Waals surface area contributed by atoms with Gasteiger partial charge in [-0.1, -0.05) is 0 Å². The van der Waals surface area contributed by atoms with Gasteiger partial charge in [0.25, 0.3) is 0 Å². The van der Waals surface area contributed by atoms with Crippen molar-refractivity contribution in [1.29, 1.82) is 0 Å². The highest BCUT2D eigenvalue weighted by atomic mass is 79.9. The van der Waals surface area contributed by atoms with E-state index in [1.807, 2.05) is 20.0 Å². The van der Waals surface area contributed by atoms with Crippen LogP contribution in [0.3, 0.4) is 0 Å². The van der Waals surface area contributed by atoms with Crippen molar-refractivity contribution in [2.75, 3.05) is 7.05 Å². The smallest absolute Gasteiger partial charge is 0.407 e. The molecule has 1 amide bonds. The van der Waals surface area contributed by atoms with Crippen LogP contribution in [0.2, 0.25) is 0 Å². The molecule has 15 heavy (non-hydrogen) atoms. The molecule has 0 atom stereocenters. The SMILES string of the molecule is CN(C(=O)O)C(C)(C)Cn1cc(Br)cn1. The topological polar surface area (TPSA) is 58.4 Å². The first-order valence-corrected chi connectivity index (χ1v) is 5.27. The molecular formula is C9H14BrN3O2. The molecule has 1 N–H and O–H groups in total. The molecule has 0 saturated carbocycles. The van der Waals surface area contributed by atoms with Gasteiger partial charge >= 0.3 is 6.09 Å². The fourth-order valence-electron chi connectivity index (χ4n) is 1.19. The Bertz CT molecular complexity index is 362. The zero-order valence-corrected chi connectivity index (χ0v) is 10.5. The van der Waals surface area contributed by atoms with Crippen molar-refractivity contribution >= 4 is 22.0 Å². The molecule has 0 aliphatic rings. The highest BCUT2D eigenvalue weighted by Gasteiger charge is 2.28. The molecule has 84 valence electrons. The van der Waals surface area contributed by atoms with Crippen molar-refractivity contribution in [2.24, 2.45) is 0 Å². The van der Waals surface area contributed by atoms with Gasteiger partial charge in [0.15, 0.2) is 0 Å². The Kier molecular flexibility index (Phi) is 3.38. The molecule has 1 rings (SSSR count). The summed E-state index contributed by atoms with van der Waals surface area (Å²) in [6.45, 7) is 4.23. The maximum atomic E-state index is 10.8. The molecule has 0 spiro atoms. The third-order valence-corrected chi connectivity index (χ3v) is 2.76. The Hall–Kier alpha value is -1.04. The van der Waals surface area contributed by atoms with Gasteiger partial charge in [-0.25, -0.2) is 4.79 Å². The van der Waals surface area contributed by atoms with E-state index in [-0.39, 0.29) is 0 Å². The molecule has 1 aromatic heterocycles. The van der Waals surface area contributed by atoms with Crippen LogP contribution in [-0.4, -0.2) is 38.5 Å². The lowest BCUT2D eigenvalue weighted by molar-refractivity contribution is 0.0993. The lowest BCUT2D eigenvalue weighted by Crippen LogP contribution is -2.47. The van der Waals surface area contributed by atoms with Crippen LogP contribution in [0.25, 0.3) is 0 Å². The molecular weight excluding hydrogens is 262 g/mol. The third-order valence-electron chi connectivity index (χ3n) is 2.35. The average molecular weight is 276 g/mol. The number of aromatic nitrogens is 2. The van der Waals surface area contributed by atoms with E-state index >= 15 is 0 Å². The summed E-state index contributed by atoms with van der Waals surface area (Å²) in [6, 6.07) is 0. The van der Waals surface area contributed by atoms with Crippen molar-refractivity contribution in [3.8, 4) is 0 Å². The highest BCUT2D eigenvalue weighted by Crippen LogP contribution is 2.16. The second-order valence-corrected chi connectivity index (χ2v) is 4.93. The van der Waals surface area contributed by atoms with E-state index in [1.54, 1.807) is 17.9 Å². The lowest BCUT2D eigenvalue weighted by Gasteiger charge is -2.33. The summed E-state index contributed by atoms with van der Waals surface area (Å²) in [7, 11) is 1.56. The van der Waals surface area contributed by atoms with Crippen LogP contribution in [0.4, 0.5) is 4.79 Å². The molecule has 0 saturated heterocycles. The van der Waals surface area contributed by atoms with Gasteiger partial charge < -0.3 is 10.0 Å². The van der Waals surface area contributed by atoms with Gasteiger partial charge in [-0.3, -0.25) is 4.68 Å². The van der Waals surface area contributed by atoms with Crippen molar-refractivity contribution in [2.45, 2.75) is 25.9 Å². The molecule has 0 radical (unpaired) electrons. The summed E-state index contributed by atoms with van der Waals surface area (Å²) in [5, 5.41) is 13.0. The number of hydrogen-bond donors (Lipinski definition) is 1. The van der Waals surface area contributed by atoms with Crippen molar-refractivity contribution < 1.29 is 9.90 Å². The van der Waals surface area contributed by atoms with Crippen LogP contribution in [0.5, 0.6) is 0 Å². The Morgan fingerprint density at radius 2 is 2.33 bits per heavy atom. The van der Waals surface area contributed by atoms with Crippen molar-refractivity contribution in [3.63, 3.8) is 0 Å². The predicted octanol–water partition coefficient (Wildman–Crippen LogP) is 2.03. The van der Waals surface area contributed by atoms with E-state index in [0.717, 1.165) is 4.47 Å². The summed E-state index contributed by atoms with van der Waals surface area (Å²) < 4.78 is 2.60. The van der Waals surface area contributed by atoms with Crippen molar-refractivity contribution in [3.05, 3.63) is 16.9 Å². The standard InChI is InChI=1S/C9H14BrN3O2/c1-9(2,12(3)8(14)15)6-13-5-7(10)4-11-13/h4-5H,6H2,1-3H3,(H,14,15). The minimum Gasteiger partial charge on any atom is -0.465 e. The number of nitrogens with zero attached hydrogens (tertiary/aromatic N) is 3. The summed E-state index contributed by atoms with van der Waals surface area (Å²) in [4.78, 5) is 12.1. The Labute approximate surface area is 96.8 Å². The second-order valence-electron chi connectivity index (χ2n) is 4.01. The summed E-state index contributed by atoms with van der Waals surface area (Å²) in [6.07, 6.45) is 2.56. The maximum absolute atomic E-state index is 10.8. The molecule has 5 nitrogen and oxygen atoms in total. The normalized spacial score (nSPS) is 11.5. The van der Waals surface area contributed by atoms with Gasteiger partial charge in [-0.05, 0) is 29.8 Å². The van der Waals surface area contributed by atoms with Gasteiger partial charge in [0, 0.05) is 13.2 Å². The van der Waals surface area contributed by atoms with E-state index in [1.165, 1.54) is 4.90 Å². The van der Waals surface area contributed by atoms with Crippen LogP contribution in [0.1, 0.15) is 13.8 Å². The number of carbonyl (C=O) groups is 1. The molecule has 0 aliphatic heterocycles. The predicted molar refractivity (Wildman–Crippen MR) is 59.8 cm³/mol. The molecule has 0 unspecified atom stereocenters. The van der Waals surface area contributed by atoms with E-state index in [9.17, 15) is 4.79 Å². The quantitative estimate of drug-likeness (QED) is 0.919. The van der Waals surface area contributed by atoms with E-state index in [0.29, 0.717) is 6.54 Å². The van der Waals surface area contributed by atoms with E-state index in [4.69, 9.17) is 5.11 Å². The van der Waals surface area contributed by atoms with Gasteiger partial charge in [0.2, 0.25) is 0 Å². The van der Waals surface area contributed by atoms with Gasteiger partial charge in [-0.2, -0.15) is 5.10 Å². The monoisotopic (exact) mass is 275 g/mol. The highest BCUT2D eigenvalue weighted by molar-refractivity contribution is 9.10. The first kappa shape index (κ1) is 12.0. The largest absolute Gasteiger partial charge is 0.465 e. The van der Waals surface area contributed by atoms with Crippen LogP contribution in [0.15, 0.2) is 16.9 Å². The number of carboxylic acid groups (broad SMARTS) is 1. The minimum atomic E-state index is -0.939. The average Bonchev–Trinajstić information content (AvgIpc) is 2.48. The zero-order chi connectivity index (χ0) is 11.6. The van der Waals surface area contributed by atoms with Crippen LogP contribution in [0, 0.1) is 0 Å². The number of rotatable bonds is 3. The summed E-state index contributed by atoms with van der Waals surface area (Å²) >= 11 is 3.29. The number of halogens is 1. The first-order valence-electron chi connectivity index (χ1n) is 4.47. The molecule has 0 bridgehead atoms. The zero-order valence-electron chi connectivity index (χ0n) is 8.94. The summed E-state index contributed by atoms with van der Waals surface area (Å²) in [5.74, 6) is 0. The van der Waals surface area contributed by atoms with E-state index < -0.39 is 11.6 Å². The molecule has 6 heteroatoms. The van der Waals surface area contributed by atoms with Gasteiger partial charge in [0.05, 0.1) is 22.8 Å². The molecule has 0 aliphatic carbocycles. The van der Waals surface area contributed by atoms with Crippen LogP contribution >= 0.6 is 15.9 Å². The van der Waals surface area contributed by atoms with Crippen LogP contribution < -0.4 is 0 Å². The van der Waals surface area contributed by atoms with Crippen LogP contribution in [-0.2, 0) is 6.54 Å². The van der Waals surface area contributed by atoms with E-state index in [2.05, 4.69) is 21.0 Å². The lowest BCUT2D eigenvalue weighted by atomic mass is 10.0. The Balaban J connectivity index is 2.75. The molecule has 1 heterocycles. The van der Waals surface area contributed by atoms with Gasteiger partial charge in [-0.15, -0.1) is 0 Å². The second kappa shape index (κ2) is 4.22. The molecule has 1 aromatic rings.